The van der Waals surface area contributed by atoms with Crippen LogP contribution in [0.2, 0.25) is 0 Å². The van der Waals surface area contributed by atoms with Crippen molar-refractivity contribution in [1.29, 1.82) is 5.26 Å². The molecule has 3 aromatic carbocycles. The van der Waals surface area contributed by atoms with Gasteiger partial charge in [0.2, 0.25) is 0 Å². The molecule has 1 heterocycles. The van der Waals surface area contributed by atoms with Crippen molar-refractivity contribution >= 4 is 12.2 Å². The summed E-state index contributed by atoms with van der Waals surface area (Å²) in [5.74, 6) is 0.263. The van der Waals surface area contributed by atoms with Gasteiger partial charge in [-0.25, -0.2) is 0 Å². The Hall–Kier alpha value is -3.85. The maximum absolute atomic E-state index is 10.7. The second kappa shape index (κ2) is 10.4. The van der Waals surface area contributed by atoms with E-state index in [1.807, 2.05) is 73.7 Å². The predicted molar refractivity (Wildman–Crippen MR) is 135 cm³/mol. The second-order valence-corrected chi connectivity index (χ2v) is 8.47. The van der Waals surface area contributed by atoms with E-state index in [0.717, 1.165) is 33.4 Å². The number of hydrogen-bond acceptors (Lipinski definition) is 5. The average Bonchev–Trinajstić information content (AvgIpc) is 2.85. The van der Waals surface area contributed by atoms with Crippen molar-refractivity contribution in [3.05, 3.63) is 101 Å². The molecule has 1 aliphatic rings. The highest BCUT2D eigenvalue weighted by Crippen LogP contribution is 2.29. The van der Waals surface area contributed by atoms with Crippen LogP contribution in [0.4, 0.5) is 0 Å². The Bertz CT molecular complexity index is 1260. The van der Waals surface area contributed by atoms with Gasteiger partial charge in [0.25, 0.3) is 0 Å². The molecule has 0 aliphatic carbocycles. The van der Waals surface area contributed by atoms with Crippen LogP contribution in [0.15, 0.2) is 73.0 Å². The van der Waals surface area contributed by atoms with Gasteiger partial charge < -0.3 is 14.9 Å². The van der Waals surface area contributed by atoms with Crippen molar-refractivity contribution in [2.75, 3.05) is 19.8 Å². The first-order valence-corrected chi connectivity index (χ1v) is 11.3. The van der Waals surface area contributed by atoms with Crippen LogP contribution in [-0.2, 0) is 11.3 Å². The van der Waals surface area contributed by atoms with Gasteiger partial charge in [0.15, 0.2) is 0 Å². The van der Waals surface area contributed by atoms with Crippen LogP contribution in [0.5, 0.6) is 5.75 Å². The molecule has 34 heavy (non-hydrogen) atoms. The number of aliphatic hydroxyl groups is 1. The Morgan fingerprint density at radius 3 is 2.65 bits per heavy atom. The Morgan fingerprint density at radius 1 is 1.15 bits per heavy atom. The minimum Gasteiger partial charge on any atom is -0.511 e. The summed E-state index contributed by atoms with van der Waals surface area (Å²) in [5.41, 5.74) is 6.00. The number of phenolic OH excluding ortho intramolecular Hbond substituents is 1. The summed E-state index contributed by atoms with van der Waals surface area (Å²) in [6.45, 7) is 7.76. The number of phenols is 1. The first-order chi connectivity index (χ1) is 16.5. The van der Waals surface area contributed by atoms with Gasteiger partial charge in [-0.15, -0.1) is 0 Å². The van der Waals surface area contributed by atoms with Gasteiger partial charge in [-0.2, -0.15) is 5.26 Å². The summed E-state index contributed by atoms with van der Waals surface area (Å²) in [5, 5.41) is 30.5. The van der Waals surface area contributed by atoms with E-state index in [4.69, 9.17) is 4.74 Å². The topological polar surface area (TPSA) is 76.7 Å². The van der Waals surface area contributed by atoms with Crippen LogP contribution in [0.25, 0.3) is 23.3 Å². The zero-order chi connectivity index (χ0) is 24.1. The van der Waals surface area contributed by atoms with Crippen LogP contribution in [0.3, 0.4) is 0 Å². The largest absolute Gasteiger partial charge is 0.511 e. The van der Waals surface area contributed by atoms with E-state index in [1.165, 1.54) is 0 Å². The van der Waals surface area contributed by atoms with E-state index >= 15 is 0 Å². The third-order valence-corrected chi connectivity index (χ3v) is 6.20. The van der Waals surface area contributed by atoms with Crippen LogP contribution < -0.4 is 0 Å². The van der Waals surface area contributed by atoms with Crippen molar-refractivity contribution in [1.82, 2.24) is 4.90 Å². The number of rotatable bonds is 6. The molecule has 0 bridgehead atoms. The monoisotopic (exact) mass is 452 g/mol. The van der Waals surface area contributed by atoms with Gasteiger partial charge in [-0.1, -0.05) is 73.3 Å². The number of morpholine rings is 1. The average molecular weight is 453 g/mol. The summed E-state index contributed by atoms with van der Waals surface area (Å²) in [4.78, 5) is 2.06. The van der Waals surface area contributed by atoms with Crippen molar-refractivity contribution in [3.8, 4) is 22.9 Å². The zero-order valence-electron chi connectivity index (χ0n) is 19.2. The molecule has 0 aromatic heterocycles. The van der Waals surface area contributed by atoms with E-state index in [2.05, 4.69) is 17.5 Å². The van der Waals surface area contributed by atoms with Gasteiger partial charge in [0, 0.05) is 24.2 Å². The van der Waals surface area contributed by atoms with Gasteiger partial charge in [0.05, 0.1) is 24.8 Å². The molecule has 0 saturated carbocycles. The quantitative estimate of drug-likeness (QED) is 0.372. The molecule has 1 fully saturated rings. The molecule has 5 heteroatoms. The fraction of sp³-hybridized carbons (Fsp3) is 0.207. The molecule has 2 N–H and O–H groups in total. The lowest BCUT2D eigenvalue weighted by Gasteiger charge is -2.35. The van der Waals surface area contributed by atoms with Gasteiger partial charge in [-0.3, -0.25) is 4.90 Å². The van der Waals surface area contributed by atoms with E-state index < -0.39 is 0 Å². The van der Waals surface area contributed by atoms with Crippen molar-refractivity contribution in [2.24, 2.45) is 0 Å². The van der Waals surface area contributed by atoms with Gasteiger partial charge >= 0.3 is 0 Å². The number of aliphatic hydroxyl groups excluding tert-OH is 1. The molecule has 5 nitrogen and oxygen atoms in total. The maximum atomic E-state index is 10.7. The normalized spacial score (nSPS) is 16.4. The molecular weight excluding hydrogens is 424 g/mol. The minimum atomic E-state index is -0.283. The first kappa shape index (κ1) is 23.3. The van der Waals surface area contributed by atoms with E-state index in [-0.39, 0.29) is 17.6 Å². The lowest BCUT2D eigenvalue weighted by molar-refractivity contribution is -0.0112. The van der Waals surface area contributed by atoms with Crippen LogP contribution >= 0.6 is 0 Å². The number of aromatic hydroxyl groups is 1. The molecule has 0 unspecified atom stereocenters. The summed E-state index contributed by atoms with van der Waals surface area (Å²) >= 11 is 0. The summed E-state index contributed by atoms with van der Waals surface area (Å²) < 4.78 is 5.46. The fourth-order valence-corrected chi connectivity index (χ4v) is 4.30. The molecule has 0 radical (unpaired) electrons. The van der Waals surface area contributed by atoms with Crippen molar-refractivity contribution in [3.63, 3.8) is 0 Å². The van der Waals surface area contributed by atoms with Gasteiger partial charge in [-0.05, 0) is 35.2 Å². The smallest absolute Gasteiger partial charge is 0.120 e. The Morgan fingerprint density at radius 2 is 1.91 bits per heavy atom. The number of nitrogens with zero attached hydrogens (tertiary/aromatic N) is 2. The maximum Gasteiger partial charge on any atom is 0.120 e. The van der Waals surface area contributed by atoms with Gasteiger partial charge in [0.1, 0.15) is 17.6 Å². The molecule has 0 spiro atoms. The van der Waals surface area contributed by atoms with Crippen LogP contribution in [-0.4, -0.2) is 40.9 Å². The lowest BCUT2D eigenvalue weighted by atomic mass is 9.95. The van der Waals surface area contributed by atoms with Crippen LogP contribution in [0, 0.1) is 18.3 Å². The summed E-state index contributed by atoms with van der Waals surface area (Å²) in [6, 6.07) is 21.5. The third-order valence-electron chi connectivity index (χ3n) is 6.20. The highest BCUT2D eigenvalue weighted by atomic mass is 16.5. The van der Waals surface area contributed by atoms with E-state index in [1.54, 1.807) is 6.07 Å². The fourth-order valence-electron chi connectivity index (χ4n) is 4.30. The highest BCUT2D eigenvalue weighted by Gasteiger charge is 2.26. The molecule has 1 atom stereocenters. The predicted octanol–water partition coefficient (Wildman–Crippen LogP) is 5.68. The summed E-state index contributed by atoms with van der Waals surface area (Å²) in [6.07, 6.45) is 3.84. The van der Waals surface area contributed by atoms with Crippen LogP contribution in [0.1, 0.15) is 27.8 Å². The number of nitriles is 1. The molecule has 1 saturated heterocycles. The first-order valence-electron chi connectivity index (χ1n) is 11.3. The second-order valence-electron chi connectivity index (χ2n) is 8.47. The SMILES string of the molecule is C=C(O)[C@@H]1COCCN1Cc1cc(C)c(/C=C/c2cccc(-c3ccccc3)c2C#N)cc1O. The van der Waals surface area contributed by atoms with Crippen molar-refractivity contribution < 1.29 is 14.9 Å². The minimum absolute atomic E-state index is 0.0708. The highest BCUT2D eigenvalue weighted by molar-refractivity contribution is 5.81. The van der Waals surface area contributed by atoms with E-state index in [0.29, 0.717) is 31.9 Å². The molecule has 1 aliphatic heterocycles. The molecule has 4 rings (SSSR count). The standard InChI is InChI=1S/C29H28N2O3/c1-20-15-25(18-31-13-14-34-19-28(31)21(2)32)29(33)16-24(20)12-11-23-9-6-10-26(27(23)17-30)22-7-4-3-5-8-22/h3-12,15-16,28,32-33H,2,13-14,18-19H2,1H3/b12-11+/t28-/m0/s1. The van der Waals surface area contributed by atoms with Crippen molar-refractivity contribution in [2.45, 2.75) is 19.5 Å². The Labute approximate surface area is 200 Å². The van der Waals surface area contributed by atoms with E-state index in [9.17, 15) is 15.5 Å². The number of ether oxygens (including phenoxy) is 1. The number of aryl methyl sites for hydroxylation is 1. The number of benzene rings is 3. The Balaban J connectivity index is 1.60. The number of hydrogen-bond donors (Lipinski definition) is 2. The third kappa shape index (κ3) is 5.04. The molecule has 172 valence electrons. The zero-order valence-corrected chi connectivity index (χ0v) is 19.2. The molecular formula is C29H28N2O3. The molecule has 0 amide bonds. The molecule has 3 aromatic rings. The Kier molecular flexibility index (Phi) is 7.12. The summed E-state index contributed by atoms with van der Waals surface area (Å²) in [7, 11) is 0. The lowest BCUT2D eigenvalue weighted by Crippen LogP contribution is -2.45.